The fourth-order valence-electron chi connectivity index (χ4n) is 3.59. The molecule has 1 aromatic carbocycles. The fraction of sp³-hybridized carbons (Fsp3) is 0.444. The number of ether oxygens (including phenoxy) is 2. The number of hydrazine groups is 1. The van der Waals surface area contributed by atoms with Gasteiger partial charge in [0.2, 0.25) is 6.10 Å². The zero-order chi connectivity index (χ0) is 28.0. The Morgan fingerprint density at radius 2 is 1.89 bits per heavy atom. The third-order valence-corrected chi connectivity index (χ3v) is 6.32. The van der Waals surface area contributed by atoms with Crippen molar-refractivity contribution in [1.82, 2.24) is 5.01 Å². The van der Waals surface area contributed by atoms with Crippen molar-refractivity contribution in [2.24, 2.45) is 5.28 Å². The molecule has 0 aromatic heterocycles. The van der Waals surface area contributed by atoms with Gasteiger partial charge in [-0.15, -0.1) is 0 Å². The molecule has 0 bridgehead atoms. The van der Waals surface area contributed by atoms with Crippen molar-refractivity contribution in [3.05, 3.63) is 28.8 Å². The van der Waals surface area contributed by atoms with Crippen molar-refractivity contribution in [3.63, 3.8) is 0 Å². The first-order valence-corrected chi connectivity index (χ1v) is 12.0. The molecule has 3 rings (SSSR count). The topological polar surface area (TPSA) is 121 Å². The monoisotopic (exact) mass is 572 g/mol. The van der Waals surface area contributed by atoms with E-state index in [2.05, 4.69) is 19.6 Å². The second kappa shape index (κ2) is 8.52. The van der Waals surface area contributed by atoms with E-state index >= 15 is 0 Å². The second-order valence-electron chi connectivity index (χ2n) is 7.95. The lowest BCUT2D eigenvalue weighted by molar-refractivity contribution is -0.942. The molecule has 0 radical (unpaired) electrons. The van der Waals surface area contributed by atoms with Crippen LogP contribution in [-0.2, 0) is 19.2 Å². The molecule has 2 heterocycles. The van der Waals surface area contributed by atoms with Crippen LogP contribution in [0.1, 0.15) is 24.0 Å². The maximum Gasteiger partial charge on any atom is 0.430 e. The van der Waals surface area contributed by atoms with E-state index in [9.17, 15) is 47.4 Å². The highest BCUT2D eigenvalue weighted by molar-refractivity contribution is 8.45. The van der Waals surface area contributed by atoms with Gasteiger partial charge in [0.15, 0.2) is 6.04 Å². The lowest BCUT2D eigenvalue weighted by atomic mass is 9.99. The molecule has 10 nitrogen and oxygen atoms in total. The summed E-state index contributed by atoms with van der Waals surface area (Å²) in [7, 11) is -10.2. The Hall–Kier alpha value is -3.51. The molecule has 2 N–H and O–H groups in total. The zero-order valence-corrected chi connectivity index (χ0v) is 19.2. The van der Waals surface area contributed by atoms with Crippen molar-refractivity contribution >= 4 is 28.2 Å². The van der Waals surface area contributed by atoms with Crippen LogP contribution < -0.4 is 4.74 Å². The van der Waals surface area contributed by atoms with Gasteiger partial charge in [-0.25, -0.2) is 14.8 Å². The average molecular weight is 572 g/mol. The standard InChI is InChI=1S/C18H17F8N3O7S/c1-9-5-11(37(22,23,24,25)26)6-10-7-12(15(18(19,20)21)36-14(9)10)17(32)34-8-35-27-29(33)28-4-2-3-13(28)16(30)31/h5-7,13,15H,2-4,8H2,1H3,(H-,27,30,31,33)/p+1/t13-,15-/m0/s1. The number of halogens is 8. The van der Waals surface area contributed by atoms with E-state index in [1.807, 2.05) is 0 Å². The number of rotatable bonds is 7. The average Bonchev–Trinajstić information content (AvgIpc) is 3.23. The van der Waals surface area contributed by atoms with Crippen LogP contribution in [0.4, 0.5) is 32.6 Å². The molecule has 0 amide bonds. The SMILES string of the molecule is Cc1cc(S(F)(F)(F)(F)F)cc2c1O[C@H](C(F)(F)F)C(C(=O)OCO/N=[N+](\O)N1CCC[C@H]1C(=O)O)=C2. The Labute approximate surface area is 201 Å². The number of benzene rings is 1. The number of aliphatic carboxylic acids is 1. The van der Waals surface area contributed by atoms with Crippen molar-refractivity contribution in [2.75, 3.05) is 13.3 Å². The maximum atomic E-state index is 13.5. The Morgan fingerprint density at radius 3 is 2.46 bits per heavy atom. The van der Waals surface area contributed by atoms with E-state index in [4.69, 9.17) is 5.11 Å². The number of alkyl halides is 3. The van der Waals surface area contributed by atoms with Gasteiger partial charge in [0.05, 0.1) is 12.1 Å². The first-order chi connectivity index (χ1) is 16.7. The largest absolute Gasteiger partial charge is 0.480 e. The first kappa shape index (κ1) is 28.1. The molecule has 37 heavy (non-hydrogen) atoms. The normalized spacial score (nSPS) is 22.2. The summed E-state index contributed by atoms with van der Waals surface area (Å²) >= 11 is 0. The number of carboxylic acids is 1. The van der Waals surface area contributed by atoms with E-state index in [1.54, 1.807) is 0 Å². The molecule has 208 valence electrons. The number of carbonyl (C=O) groups excluding carboxylic acids is 1. The predicted octanol–water partition coefficient (Wildman–Crippen LogP) is 5.11. The van der Waals surface area contributed by atoms with Crippen molar-refractivity contribution in [2.45, 2.75) is 43.0 Å². The van der Waals surface area contributed by atoms with Crippen molar-refractivity contribution in [3.8, 4) is 5.75 Å². The number of carbonyl (C=O) groups is 2. The lowest BCUT2D eigenvalue weighted by Gasteiger charge is -2.41. The summed E-state index contributed by atoms with van der Waals surface area (Å²) in [6.45, 7) is -0.361. The molecular weight excluding hydrogens is 554 g/mol. The summed E-state index contributed by atoms with van der Waals surface area (Å²) in [6, 6.07) is -1.36. The number of aryl methyl sites for hydroxylation is 1. The van der Waals surface area contributed by atoms with Crippen molar-refractivity contribution < 1.29 is 71.8 Å². The Bertz CT molecular complexity index is 1190. The first-order valence-electron chi connectivity index (χ1n) is 10.0. The van der Waals surface area contributed by atoms with Gasteiger partial charge in [-0.1, -0.05) is 24.4 Å². The smallest absolute Gasteiger partial charge is 0.430 e. The van der Waals surface area contributed by atoms with Gasteiger partial charge >= 0.3 is 28.3 Å². The third-order valence-electron chi connectivity index (χ3n) is 5.20. The van der Waals surface area contributed by atoms with E-state index in [0.29, 0.717) is 6.42 Å². The van der Waals surface area contributed by atoms with Crippen LogP contribution >= 0.6 is 10.2 Å². The minimum absolute atomic E-state index is 0.0122. The highest BCUT2D eigenvalue weighted by Crippen LogP contribution is 3.02. The molecule has 0 spiro atoms. The van der Waals surface area contributed by atoms with E-state index in [-0.39, 0.29) is 36.1 Å². The van der Waals surface area contributed by atoms with Gasteiger partial charge in [-0.2, -0.15) is 13.2 Å². The third kappa shape index (κ3) is 6.25. The van der Waals surface area contributed by atoms with E-state index in [0.717, 1.165) is 11.9 Å². The molecular formula is C18H18F8N3O7S+. The van der Waals surface area contributed by atoms with Crippen LogP contribution in [-0.4, -0.2) is 63.9 Å². The highest BCUT2D eigenvalue weighted by Gasteiger charge is 2.65. The van der Waals surface area contributed by atoms with Crippen LogP contribution in [0.3, 0.4) is 0 Å². The minimum atomic E-state index is -10.2. The zero-order valence-electron chi connectivity index (χ0n) is 18.4. The molecule has 2 aliphatic heterocycles. The highest BCUT2D eigenvalue weighted by atomic mass is 32.5. The number of hydrogen-bond acceptors (Lipinski definition) is 6. The van der Waals surface area contributed by atoms with Gasteiger partial charge in [0, 0.05) is 5.56 Å². The summed E-state index contributed by atoms with van der Waals surface area (Å²) < 4.78 is 116. The van der Waals surface area contributed by atoms with E-state index in [1.165, 1.54) is 0 Å². The van der Waals surface area contributed by atoms with Gasteiger partial charge in [0.1, 0.15) is 10.6 Å². The van der Waals surface area contributed by atoms with Crippen molar-refractivity contribution in [1.29, 1.82) is 0 Å². The maximum absolute atomic E-state index is 13.5. The number of carboxylic acid groups (broad SMARTS) is 1. The molecule has 0 unspecified atom stereocenters. The molecule has 19 heteroatoms. The molecule has 1 aromatic rings. The van der Waals surface area contributed by atoms with Crippen LogP contribution in [0.25, 0.3) is 6.08 Å². The summed E-state index contributed by atoms with van der Waals surface area (Å²) in [5, 5.41) is 22.7. The van der Waals surface area contributed by atoms with E-state index < -0.39 is 74.6 Å². The summed E-state index contributed by atoms with van der Waals surface area (Å²) in [5.74, 6) is -3.90. The van der Waals surface area contributed by atoms with Crippen LogP contribution in [0, 0.1) is 6.92 Å². The number of fused-ring (bicyclic) bond motifs is 1. The number of nitrogens with zero attached hydrogens (tertiary/aromatic N) is 3. The van der Waals surface area contributed by atoms with Gasteiger partial charge < -0.3 is 14.6 Å². The number of hydrogen-bond donors (Lipinski definition) is 2. The molecule has 0 aliphatic carbocycles. The Balaban J connectivity index is 1.83. The second-order valence-corrected chi connectivity index (χ2v) is 10.4. The molecule has 1 fully saturated rings. The molecule has 2 aliphatic rings. The summed E-state index contributed by atoms with van der Waals surface area (Å²) in [4.78, 5) is 25.4. The minimum Gasteiger partial charge on any atom is -0.480 e. The summed E-state index contributed by atoms with van der Waals surface area (Å²) in [6.07, 6.45) is -7.49. The Kier molecular flexibility index (Phi) is 6.46. The van der Waals surface area contributed by atoms with Gasteiger partial charge in [-0.05, 0) is 43.5 Å². The molecule has 1 saturated heterocycles. The molecule has 2 atom stereocenters. The quantitative estimate of drug-likeness (QED) is 0.0880. The summed E-state index contributed by atoms with van der Waals surface area (Å²) in [5.41, 5.74) is -2.95. The number of esters is 1. The van der Waals surface area contributed by atoms with Gasteiger partial charge in [0.25, 0.3) is 17.0 Å². The molecule has 0 saturated carbocycles. The van der Waals surface area contributed by atoms with Crippen LogP contribution in [0.5, 0.6) is 5.75 Å². The fourth-order valence-corrected chi connectivity index (χ4v) is 4.34. The van der Waals surface area contributed by atoms with Crippen LogP contribution in [0.15, 0.2) is 27.9 Å². The lowest BCUT2D eigenvalue weighted by Crippen LogP contribution is -2.41. The predicted molar refractivity (Wildman–Crippen MR) is 105 cm³/mol. The Morgan fingerprint density at radius 1 is 1.24 bits per heavy atom. The van der Waals surface area contributed by atoms with Crippen LogP contribution in [0.2, 0.25) is 0 Å². The van der Waals surface area contributed by atoms with Gasteiger partial charge in [-0.3, -0.25) is 4.84 Å².